The van der Waals surface area contributed by atoms with E-state index in [-0.39, 0.29) is 5.91 Å². The quantitative estimate of drug-likeness (QED) is 0.605. The molecule has 154 valence electrons. The standard InChI is InChI=1S/C24H26N4O2/c1-3-22-25-24(26-30-22)20-9-11-21(12-10-20)27-14-16-28(17-15-27)23(29)13-8-19-6-4-18(2)5-7-19/h4-13H,3,14-17H2,1-2H3. The Kier molecular flexibility index (Phi) is 5.93. The van der Waals surface area contributed by atoms with E-state index in [1.165, 1.54) is 5.56 Å². The number of carbonyl (C=O) groups excluding carboxylic acids is 1. The van der Waals surface area contributed by atoms with Crippen molar-refractivity contribution < 1.29 is 9.32 Å². The Hall–Kier alpha value is -3.41. The number of aryl methyl sites for hydroxylation is 2. The van der Waals surface area contributed by atoms with E-state index in [9.17, 15) is 4.79 Å². The molecule has 1 aliphatic heterocycles. The minimum atomic E-state index is 0.0643. The van der Waals surface area contributed by atoms with Crippen LogP contribution >= 0.6 is 0 Å². The van der Waals surface area contributed by atoms with E-state index in [0.717, 1.165) is 36.3 Å². The average molecular weight is 402 g/mol. The number of carbonyl (C=O) groups is 1. The van der Waals surface area contributed by atoms with Gasteiger partial charge in [0.05, 0.1) is 0 Å². The fraction of sp³-hybridized carbons (Fsp3) is 0.292. The highest BCUT2D eigenvalue weighted by atomic mass is 16.5. The number of hydrogen-bond donors (Lipinski definition) is 0. The number of benzene rings is 2. The van der Waals surface area contributed by atoms with E-state index < -0.39 is 0 Å². The normalized spacial score (nSPS) is 14.5. The van der Waals surface area contributed by atoms with Crippen LogP contribution in [-0.2, 0) is 11.2 Å². The maximum atomic E-state index is 12.5. The van der Waals surface area contributed by atoms with Crippen LogP contribution in [0.5, 0.6) is 0 Å². The second-order valence-electron chi connectivity index (χ2n) is 7.47. The first-order valence-corrected chi connectivity index (χ1v) is 10.3. The van der Waals surface area contributed by atoms with E-state index in [1.54, 1.807) is 6.08 Å². The first-order chi connectivity index (χ1) is 14.6. The molecule has 1 aliphatic rings. The lowest BCUT2D eigenvalue weighted by molar-refractivity contribution is -0.126. The topological polar surface area (TPSA) is 62.5 Å². The third kappa shape index (κ3) is 4.59. The molecule has 1 amide bonds. The van der Waals surface area contributed by atoms with Gasteiger partial charge in [-0.3, -0.25) is 4.79 Å². The number of amides is 1. The van der Waals surface area contributed by atoms with Gasteiger partial charge < -0.3 is 14.3 Å². The number of aromatic nitrogens is 2. The third-order valence-corrected chi connectivity index (χ3v) is 5.35. The first-order valence-electron chi connectivity index (χ1n) is 10.3. The van der Waals surface area contributed by atoms with Gasteiger partial charge in [0, 0.05) is 49.9 Å². The van der Waals surface area contributed by atoms with Crippen LogP contribution in [0.4, 0.5) is 5.69 Å². The van der Waals surface area contributed by atoms with Crippen LogP contribution in [0.15, 0.2) is 59.1 Å². The highest BCUT2D eigenvalue weighted by Crippen LogP contribution is 2.22. The molecule has 3 aromatic rings. The van der Waals surface area contributed by atoms with Gasteiger partial charge in [0.15, 0.2) is 0 Å². The van der Waals surface area contributed by atoms with Crippen LogP contribution in [0.3, 0.4) is 0 Å². The highest BCUT2D eigenvalue weighted by Gasteiger charge is 2.20. The molecule has 0 radical (unpaired) electrons. The molecule has 0 atom stereocenters. The fourth-order valence-corrected chi connectivity index (χ4v) is 3.47. The third-order valence-electron chi connectivity index (χ3n) is 5.35. The molecule has 0 spiro atoms. The zero-order chi connectivity index (χ0) is 20.9. The summed E-state index contributed by atoms with van der Waals surface area (Å²) >= 11 is 0. The van der Waals surface area contributed by atoms with Crippen molar-refractivity contribution in [1.82, 2.24) is 15.0 Å². The van der Waals surface area contributed by atoms with Crippen LogP contribution in [0.2, 0.25) is 0 Å². The van der Waals surface area contributed by atoms with E-state index in [1.807, 2.05) is 42.2 Å². The Balaban J connectivity index is 1.32. The minimum Gasteiger partial charge on any atom is -0.368 e. The van der Waals surface area contributed by atoms with Gasteiger partial charge in [-0.1, -0.05) is 41.9 Å². The van der Waals surface area contributed by atoms with Crippen molar-refractivity contribution in [2.24, 2.45) is 0 Å². The summed E-state index contributed by atoms with van der Waals surface area (Å²) < 4.78 is 5.19. The molecule has 0 aliphatic carbocycles. The first kappa shape index (κ1) is 19.9. The molecule has 1 fully saturated rings. The predicted molar refractivity (Wildman–Crippen MR) is 118 cm³/mol. The van der Waals surface area contributed by atoms with Gasteiger partial charge in [-0.25, -0.2) is 0 Å². The summed E-state index contributed by atoms with van der Waals surface area (Å²) in [5, 5.41) is 4.02. The number of rotatable bonds is 5. The van der Waals surface area contributed by atoms with E-state index in [4.69, 9.17) is 4.52 Å². The van der Waals surface area contributed by atoms with Gasteiger partial charge in [-0.2, -0.15) is 4.98 Å². The summed E-state index contributed by atoms with van der Waals surface area (Å²) in [5.41, 5.74) is 4.34. The molecule has 0 bridgehead atoms. The summed E-state index contributed by atoms with van der Waals surface area (Å²) in [6.45, 7) is 7.09. The van der Waals surface area contributed by atoms with Crippen molar-refractivity contribution in [2.45, 2.75) is 20.3 Å². The van der Waals surface area contributed by atoms with Crippen molar-refractivity contribution in [3.8, 4) is 11.4 Å². The van der Waals surface area contributed by atoms with Crippen LogP contribution in [0.25, 0.3) is 17.5 Å². The Morgan fingerprint density at radius 2 is 1.73 bits per heavy atom. The second kappa shape index (κ2) is 8.95. The lowest BCUT2D eigenvalue weighted by atomic mass is 10.1. The Morgan fingerprint density at radius 3 is 2.37 bits per heavy atom. The minimum absolute atomic E-state index is 0.0643. The van der Waals surface area contributed by atoms with E-state index in [0.29, 0.717) is 24.8 Å². The summed E-state index contributed by atoms with van der Waals surface area (Å²) in [4.78, 5) is 21.1. The van der Waals surface area contributed by atoms with Crippen molar-refractivity contribution in [1.29, 1.82) is 0 Å². The molecule has 1 aromatic heterocycles. The maximum Gasteiger partial charge on any atom is 0.246 e. The number of nitrogens with zero attached hydrogens (tertiary/aromatic N) is 4. The number of hydrogen-bond acceptors (Lipinski definition) is 5. The smallest absolute Gasteiger partial charge is 0.246 e. The fourth-order valence-electron chi connectivity index (χ4n) is 3.47. The Morgan fingerprint density at radius 1 is 1.03 bits per heavy atom. The van der Waals surface area contributed by atoms with Crippen molar-refractivity contribution >= 4 is 17.7 Å². The Labute approximate surface area is 176 Å². The van der Waals surface area contributed by atoms with Crippen LogP contribution in [0, 0.1) is 6.92 Å². The van der Waals surface area contributed by atoms with E-state index in [2.05, 4.69) is 46.2 Å². The molecule has 0 unspecified atom stereocenters. The molecule has 6 heteroatoms. The monoisotopic (exact) mass is 402 g/mol. The molecule has 0 saturated carbocycles. The zero-order valence-corrected chi connectivity index (χ0v) is 17.4. The van der Waals surface area contributed by atoms with Crippen LogP contribution in [0.1, 0.15) is 23.9 Å². The molecule has 6 nitrogen and oxygen atoms in total. The van der Waals surface area contributed by atoms with Gasteiger partial charge in [-0.15, -0.1) is 0 Å². The highest BCUT2D eigenvalue weighted by molar-refractivity contribution is 5.92. The average Bonchev–Trinajstić information content (AvgIpc) is 3.28. The van der Waals surface area contributed by atoms with Crippen molar-refractivity contribution in [2.75, 3.05) is 31.1 Å². The molecule has 30 heavy (non-hydrogen) atoms. The van der Waals surface area contributed by atoms with Gasteiger partial charge in [0.2, 0.25) is 17.6 Å². The Bertz CT molecular complexity index is 1010. The summed E-state index contributed by atoms with van der Waals surface area (Å²) in [7, 11) is 0. The van der Waals surface area contributed by atoms with Gasteiger partial charge in [0.1, 0.15) is 0 Å². The van der Waals surface area contributed by atoms with Gasteiger partial charge >= 0.3 is 0 Å². The summed E-state index contributed by atoms with van der Waals surface area (Å²) in [5.74, 6) is 1.33. The largest absolute Gasteiger partial charge is 0.368 e. The second-order valence-corrected chi connectivity index (χ2v) is 7.47. The summed E-state index contributed by atoms with van der Waals surface area (Å²) in [6.07, 6.45) is 4.29. The maximum absolute atomic E-state index is 12.5. The molecular formula is C24H26N4O2. The van der Waals surface area contributed by atoms with Crippen molar-refractivity contribution in [3.63, 3.8) is 0 Å². The molecule has 2 heterocycles. The summed E-state index contributed by atoms with van der Waals surface area (Å²) in [6, 6.07) is 16.3. The number of anilines is 1. The van der Waals surface area contributed by atoms with Gasteiger partial charge in [-0.05, 0) is 42.8 Å². The molecule has 1 saturated heterocycles. The molecule has 2 aromatic carbocycles. The molecule has 4 rings (SSSR count). The SMILES string of the molecule is CCc1nc(-c2ccc(N3CCN(C(=O)C=Cc4ccc(C)cc4)CC3)cc2)no1. The van der Waals surface area contributed by atoms with Gasteiger partial charge in [0.25, 0.3) is 0 Å². The molecular weight excluding hydrogens is 376 g/mol. The van der Waals surface area contributed by atoms with Crippen molar-refractivity contribution in [3.05, 3.63) is 71.6 Å². The van der Waals surface area contributed by atoms with Crippen LogP contribution < -0.4 is 4.90 Å². The van der Waals surface area contributed by atoms with Crippen LogP contribution in [-0.4, -0.2) is 47.1 Å². The molecule has 0 N–H and O–H groups in total. The van der Waals surface area contributed by atoms with E-state index >= 15 is 0 Å². The lowest BCUT2D eigenvalue weighted by Gasteiger charge is -2.35. The predicted octanol–water partition coefficient (Wildman–Crippen LogP) is 3.97. The lowest BCUT2D eigenvalue weighted by Crippen LogP contribution is -2.48. The zero-order valence-electron chi connectivity index (χ0n) is 17.4. The number of piperazine rings is 1.